The highest BCUT2D eigenvalue weighted by Crippen LogP contribution is 2.56. The molecule has 5 N–H and O–H groups in total. The number of nitrogens with one attached hydrogen (secondary N) is 1. The third-order valence-electron chi connectivity index (χ3n) is 5.39. The van der Waals surface area contributed by atoms with Gasteiger partial charge in [0.1, 0.15) is 23.9 Å². The van der Waals surface area contributed by atoms with Gasteiger partial charge < -0.3 is 34.7 Å². The smallest absolute Gasteiger partial charge is 0.327 e. The first-order chi connectivity index (χ1) is 17.0. The number of aromatic nitrogens is 4. The van der Waals surface area contributed by atoms with Crippen molar-refractivity contribution in [2.45, 2.75) is 64.7 Å². The fraction of sp³-hybridized carbons (Fsp3) is 0.700. The van der Waals surface area contributed by atoms with Crippen molar-refractivity contribution >= 4 is 41.2 Å². The van der Waals surface area contributed by atoms with Crippen LogP contribution in [0.3, 0.4) is 0 Å². The Bertz CT molecular complexity index is 1120. The summed E-state index contributed by atoms with van der Waals surface area (Å²) in [7, 11) is 0. The van der Waals surface area contributed by atoms with E-state index in [1.54, 1.807) is 20.8 Å². The first kappa shape index (κ1) is 28.6. The maximum absolute atomic E-state index is 13.3. The molecule has 1 fully saturated rings. The van der Waals surface area contributed by atoms with Crippen LogP contribution in [0.25, 0.3) is 11.2 Å². The van der Waals surface area contributed by atoms with Gasteiger partial charge in [-0.3, -0.25) is 13.9 Å². The zero-order valence-corrected chi connectivity index (χ0v) is 22.5. The highest BCUT2D eigenvalue weighted by Gasteiger charge is 2.54. The summed E-state index contributed by atoms with van der Waals surface area (Å²) in [6.07, 6.45) is -2.26. The van der Waals surface area contributed by atoms with Gasteiger partial charge in [0.15, 0.2) is 17.4 Å². The number of ether oxygens (including phenoxy) is 3. The second-order valence-electron chi connectivity index (χ2n) is 8.16. The van der Waals surface area contributed by atoms with E-state index in [9.17, 15) is 19.6 Å². The number of fused-ring (bicyclic) bond motifs is 1. The molecular formula is C20H33N6O8PS. The SMILES string of the molecule is CCOC(=O)[C@@H](C)N[P@@](=O)(OC[C@H]1O[C@@H](n2cnc3c(OCC)nc(N)nc32)[C@](C)(O)[C@@H]1O)SCC. The zero-order chi connectivity index (χ0) is 26.7. The Balaban J connectivity index is 1.81. The number of aliphatic hydroxyl groups excluding tert-OH is 1. The molecule has 3 heterocycles. The van der Waals surface area contributed by atoms with E-state index in [4.69, 9.17) is 24.5 Å². The highest BCUT2D eigenvalue weighted by molar-refractivity contribution is 8.56. The molecule has 2 aromatic heterocycles. The van der Waals surface area contributed by atoms with Gasteiger partial charge in [-0.15, -0.1) is 0 Å². The lowest BCUT2D eigenvalue weighted by atomic mass is 9.96. The molecule has 0 bridgehead atoms. The number of nitrogens with zero attached hydrogens (tertiary/aromatic N) is 4. The highest BCUT2D eigenvalue weighted by atomic mass is 32.7. The summed E-state index contributed by atoms with van der Waals surface area (Å²) in [6.45, 7) is 4.72. The predicted molar refractivity (Wildman–Crippen MR) is 132 cm³/mol. The average molecular weight is 549 g/mol. The van der Waals surface area contributed by atoms with Crippen molar-refractivity contribution in [2.75, 3.05) is 31.3 Å². The third kappa shape index (κ3) is 5.93. The monoisotopic (exact) mass is 548 g/mol. The summed E-state index contributed by atoms with van der Waals surface area (Å²) >= 11 is 0.990. The van der Waals surface area contributed by atoms with Gasteiger partial charge in [-0.2, -0.15) is 9.97 Å². The predicted octanol–water partition coefficient (Wildman–Crippen LogP) is 1.24. The molecule has 6 atom stereocenters. The Labute approximate surface area is 212 Å². The lowest BCUT2D eigenvalue weighted by molar-refractivity contribution is -0.144. The van der Waals surface area contributed by atoms with Crippen LogP contribution in [0.1, 0.15) is 40.8 Å². The van der Waals surface area contributed by atoms with Gasteiger partial charge in [0.2, 0.25) is 11.8 Å². The van der Waals surface area contributed by atoms with Crippen LogP contribution in [0.4, 0.5) is 5.95 Å². The van der Waals surface area contributed by atoms with Crippen molar-refractivity contribution in [1.82, 2.24) is 24.6 Å². The van der Waals surface area contributed by atoms with Crippen molar-refractivity contribution in [3.63, 3.8) is 0 Å². The molecule has 0 aliphatic carbocycles. The summed E-state index contributed by atoms with van der Waals surface area (Å²) in [4.78, 5) is 24.5. The van der Waals surface area contributed by atoms with E-state index in [0.717, 1.165) is 11.4 Å². The van der Waals surface area contributed by atoms with Gasteiger partial charge in [-0.1, -0.05) is 18.3 Å². The summed E-state index contributed by atoms with van der Waals surface area (Å²) in [5, 5.41) is 24.7. The number of anilines is 1. The molecule has 0 saturated carbocycles. The first-order valence-electron chi connectivity index (χ1n) is 11.5. The van der Waals surface area contributed by atoms with Crippen molar-refractivity contribution in [2.24, 2.45) is 0 Å². The molecule has 1 aliphatic heterocycles. The number of aliphatic hydroxyl groups is 2. The van der Waals surface area contributed by atoms with Crippen molar-refractivity contribution in [1.29, 1.82) is 0 Å². The van der Waals surface area contributed by atoms with Gasteiger partial charge >= 0.3 is 12.7 Å². The van der Waals surface area contributed by atoms with Gasteiger partial charge in [-0.25, -0.2) is 10.1 Å². The molecule has 14 nitrogen and oxygen atoms in total. The van der Waals surface area contributed by atoms with Crippen LogP contribution in [0.5, 0.6) is 5.88 Å². The third-order valence-corrected chi connectivity index (χ3v) is 9.61. The number of imidazole rings is 1. The number of carbonyl (C=O) groups is 1. The lowest BCUT2D eigenvalue weighted by Gasteiger charge is -2.27. The molecule has 202 valence electrons. The van der Waals surface area contributed by atoms with Gasteiger partial charge in [-0.05, 0) is 27.7 Å². The van der Waals surface area contributed by atoms with Crippen LogP contribution >= 0.6 is 18.1 Å². The van der Waals surface area contributed by atoms with Gasteiger partial charge in [0.05, 0.1) is 26.1 Å². The molecule has 1 saturated heterocycles. The Morgan fingerprint density at radius 2 is 2.11 bits per heavy atom. The van der Waals surface area contributed by atoms with Crippen LogP contribution in [0.15, 0.2) is 6.33 Å². The second-order valence-corrected chi connectivity index (χ2v) is 12.7. The number of nitrogens with two attached hydrogens (primary N) is 1. The Kier molecular flexibility index (Phi) is 9.20. The minimum atomic E-state index is -3.59. The van der Waals surface area contributed by atoms with Gasteiger partial charge in [0, 0.05) is 5.75 Å². The fourth-order valence-electron chi connectivity index (χ4n) is 3.70. The zero-order valence-electron chi connectivity index (χ0n) is 20.8. The standard InChI is InChI=1S/C20H33N6O8PS/c1-6-31-16-13-15(23-19(21)24-16)26(10-22-13)18-20(5,29)14(27)12(34-18)9-33-35(30,36-8-3)25-11(4)17(28)32-7-2/h10-12,14,18,27,29H,6-9H2,1-5H3,(H,25,30)(H2,21,23,24)/t11-,12-,14-,18-,20-,35-/m1/s1. The van der Waals surface area contributed by atoms with E-state index < -0.39 is 42.8 Å². The molecule has 36 heavy (non-hydrogen) atoms. The molecule has 0 aromatic carbocycles. The molecule has 2 aromatic rings. The van der Waals surface area contributed by atoms with Crippen LogP contribution in [0, 0.1) is 0 Å². The first-order valence-corrected chi connectivity index (χ1v) is 14.7. The Morgan fingerprint density at radius 3 is 2.75 bits per heavy atom. The molecular weight excluding hydrogens is 515 g/mol. The van der Waals surface area contributed by atoms with E-state index in [1.807, 2.05) is 0 Å². The minimum Gasteiger partial charge on any atom is -0.476 e. The van der Waals surface area contributed by atoms with Crippen molar-refractivity contribution in [3.8, 4) is 5.88 Å². The summed E-state index contributed by atoms with van der Waals surface area (Å²) in [5.41, 5.74) is 4.56. The van der Waals surface area contributed by atoms with Crippen LogP contribution in [-0.2, 0) is 23.4 Å². The van der Waals surface area contributed by atoms with Crippen molar-refractivity contribution < 1.29 is 38.3 Å². The summed E-state index contributed by atoms with van der Waals surface area (Å²) in [6, 6.07) is -0.887. The van der Waals surface area contributed by atoms with E-state index in [2.05, 4.69) is 20.0 Å². The lowest BCUT2D eigenvalue weighted by Crippen LogP contribution is -2.44. The van der Waals surface area contributed by atoms with E-state index in [-0.39, 0.29) is 30.7 Å². The summed E-state index contributed by atoms with van der Waals surface area (Å²) < 4.78 is 36.8. The van der Waals surface area contributed by atoms with E-state index in [1.165, 1.54) is 24.7 Å². The topological polar surface area (TPSA) is 193 Å². The van der Waals surface area contributed by atoms with E-state index >= 15 is 0 Å². The molecule has 0 radical (unpaired) electrons. The number of rotatable bonds is 12. The number of hydrogen-bond donors (Lipinski definition) is 4. The molecule has 0 unspecified atom stereocenters. The molecule has 1 aliphatic rings. The quantitative estimate of drug-likeness (QED) is 0.218. The van der Waals surface area contributed by atoms with Gasteiger partial charge in [0.25, 0.3) is 0 Å². The molecule has 0 amide bonds. The normalized spacial score (nSPS) is 26.6. The maximum atomic E-state index is 13.3. The van der Waals surface area contributed by atoms with E-state index in [0.29, 0.717) is 17.9 Å². The Morgan fingerprint density at radius 1 is 1.39 bits per heavy atom. The number of carbonyl (C=O) groups excluding carboxylic acids is 1. The molecule has 16 heteroatoms. The minimum absolute atomic E-state index is 0.0647. The molecule has 3 rings (SSSR count). The second kappa shape index (κ2) is 11.6. The number of esters is 1. The number of nitrogen functional groups attached to an aromatic ring is 1. The largest absolute Gasteiger partial charge is 0.476 e. The van der Waals surface area contributed by atoms with Crippen LogP contribution in [0.2, 0.25) is 0 Å². The average Bonchev–Trinajstić information content (AvgIpc) is 3.31. The van der Waals surface area contributed by atoms with Crippen LogP contribution < -0.4 is 15.6 Å². The summed E-state index contributed by atoms with van der Waals surface area (Å²) in [5.74, 6) is -0.0301. The maximum Gasteiger partial charge on any atom is 0.327 e. The Hall–Kier alpha value is -2.00. The fourth-order valence-corrected chi connectivity index (χ4v) is 7.31. The van der Waals surface area contributed by atoms with Crippen LogP contribution in [-0.4, -0.2) is 85.1 Å². The number of hydrogen-bond acceptors (Lipinski definition) is 13. The molecule has 0 spiro atoms. The van der Waals surface area contributed by atoms with Crippen molar-refractivity contribution in [3.05, 3.63) is 6.33 Å².